The molecule has 5 heteroatoms. The van der Waals surface area contributed by atoms with Crippen LogP contribution >= 0.6 is 15.9 Å². The summed E-state index contributed by atoms with van der Waals surface area (Å²) >= 11 is 3.46. The number of halogens is 1. The maximum Gasteiger partial charge on any atom is 0.171 e. The Balaban J connectivity index is 1.68. The van der Waals surface area contributed by atoms with Crippen LogP contribution in [0, 0.1) is 0 Å². The van der Waals surface area contributed by atoms with Gasteiger partial charge in [0.05, 0.1) is 10.7 Å². The van der Waals surface area contributed by atoms with E-state index in [1.807, 2.05) is 12.3 Å². The SMILES string of the molecule is CC(CC1=CCCCC1)Nc1ccn2ncc(Br)c2n1. The van der Waals surface area contributed by atoms with Gasteiger partial charge >= 0.3 is 0 Å². The lowest BCUT2D eigenvalue weighted by Gasteiger charge is -2.19. The highest BCUT2D eigenvalue weighted by molar-refractivity contribution is 9.10. The second-order valence-corrected chi connectivity index (χ2v) is 6.29. The van der Waals surface area contributed by atoms with Crippen molar-refractivity contribution >= 4 is 27.4 Å². The molecule has 0 aromatic carbocycles. The van der Waals surface area contributed by atoms with Gasteiger partial charge < -0.3 is 5.32 Å². The molecular weight excluding hydrogens is 316 g/mol. The number of nitrogens with zero attached hydrogens (tertiary/aromatic N) is 3. The lowest BCUT2D eigenvalue weighted by atomic mass is 9.95. The van der Waals surface area contributed by atoms with E-state index in [9.17, 15) is 0 Å². The van der Waals surface area contributed by atoms with Gasteiger partial charge in [-0.05, 0) is 61.0 Å². The van der Waals surface area contributed by atoms with Crippen LogP contribution in [0.3, 0.4) is 0 Å². The minimum Gasteiger partial charge on any atom is -0.367 e. The van der Waals surface area contributed by atoms with E-state index < -0.39 is 0 Å². The van der Waals surface area contributed by atoms with Crippen LogP contribution in [0.1, 0.15) is 39.0 Å². The fourth-order valence-electron chi connectivity index (χ4n) is 2.71. The summed E-state index contributed by atoms with van der Waals surface area (Å²) in [5.74, 6) is 0.905. The Kier molecular flexibility index (Phi) is 4.05. The molecule has 106 valence electrons. The Morgan fingerprint density at radius 3 is 3.15 bits per heavy atom. The average Bonchev–Trinajstić information content (AvgIpc) is 2.81. The fourth-order valence-corrected chi connectivity index (χ4v) is 3.07. The molecule has 0 amide bonds. The van der Waals surface area contributed by atoms with E-state index in [2.05, 4.69) is 44.3 Å². The lowest BCUT2D eigenvalue weighted by Crippen LogP contribution is -2.17. The van der Waals surface area contributed by atoms with Crippen LogP contribution in [0.4, 0.5) is 5.82 Å². The average molecular weight is 335 g/mol. The van der Waals surface area contributed by atoms with E-state index in [1.54, 1.807) is 16.3 Å². The summed E-state index contributed by atoms with van der Waals surface area (Å²) in [6, 6.07) is 2.37. The van der Waals surface area contributed by atoms with Crippen molar-refractivity contribution in [1.82, 2.24) is 14.6 Å². The van der Waals surface area contributed by atoms with Gasteiger partial charge in [0.1, 0.15) is 5.82 Å². The van der Waals surface area contributed by atoms with Gasteiger partial charge in [0.15, 0.2) is 5.65 Å². The molecule has 0 fully saturated rings. The highest BCUT2D eigenvalue weighted by Crippen LogP contribution is 2.23. The first kappa shape index (κ1) is 13.6. The van der Waals surface area contributed by atoms with Crippen molar-refractivity contribution in [3.05, 3.63) is 34.6 Å². The van der Waals surface area contributed by atoms with E-state index in [4.69, 9.17) is 0 Å². The topological polar surface area (TPSA) is 42.2 Å². The molecule has 1 aliphatic rings. The van der Waals surface area contributed by atoms with Crippen LogP contribution in [0.5, 0.6) is 0 Å². The quantitative estimate of drug-likeness (QED) is 0.852. The zero-order chi connectivity index (χ0) is 13.9. The third-order valence-electron chi connectivity index (χ3n) is 3.67. The molecule has 0 spiro atoms. The highest BCUT2D eigenvalue weighted by atomic mass is 79.9. The summed E-state index contributed by atoms with van der Waals surface area (Å²) in [7, 11) is 0. The van der Waals surface area contributed by atoms with Gasteiger partial charge in [0, 0.05) is 12.2 Å². The number of rotatable bonds is 4. The van der Waals surface area contributed by atoms with Crippen molar-refractivity contribution in [2.24, 2.45) is 0 Å². The number of anilines is 1. The van der Waals surface area contributed by atoms with Crippen LogP contribution in [0.2, 0.25) is 0 Å². The molecule has 3 rings (SSSR count). The van der Waals surface area contributed by atoms with Crippen molar-refractivity contribution in [3.63, 3.8) is 0 Å². The van der Waals surface area contributed by atoms with E-state index in [0.29, 0.717) is 6.04 Å². The lowest BCUT2D eigenvalue weighted by molar-refractivity contribution is 0.649. The molecular formula is C15H19BrN4. The summed E-state index contributed by atoms with van der Waals surface area (Å²) in [5, 5.41) is 7.69. The molecule has 20 heavy (non-hydrogen) atoms. The molecule has 1 unspecified atom stereocenters. The second kappa shape index (κ2) is 5.95. The van der Waals surface area contributed by atoms with Gasteiger partial charge in [0.2, 0.25) is 0 Å². The van der Waals surface area contributed by atoms with Crippen LogP contribution in [0.25, 0.3) is 5.65 Å². The molecule has 0 saturated heterocycles. The second-order valence-electron chi connectivity index (χ2n) is 5.43. The van der Waals surface area contributed by atoms with Gasteiger partial charge in [-0.15, -0.1) is 0 Å². The summed E-state index contributed by atoms with van der Waals surface area (Å²) in [5.41, 5.74) is 2.43. The molecule has 4 nitrogen and oxygen atoms in total. The zero-order valence-electron chi connectivity index (χ0n) is 11.6. The summed E-state index contributed by atoms with van der Waals surface area (Å²) in [6.45, 7) is 2.22. The Hall–Kier alpha value is -1.36. The largest absolute Gasteiger partial charge is 0.367 e. The molecule has 2 aromatic rings. The number of hydrogen-bond donors (Lipinski definition) is 1. The molecule has 0 bridgehead atoms. The third kappa shape index (κ3) is 3.03. The van der Waals surface area contributed by atoms with Gasteiger partial charge in [-0.2, -0.15) is 5.10 Å². The van der Waals surface area contributed by atoms with Crippen molar-refractivity contribution in [1.29, 1.82) is 0 Å². The molecule has 0 radical (unpaired) electrons. The Bertz CT molecular complexity index is 632. The Morgan fingerprint density at radius 1 is 1.45 bits per heavy atom. The van der Waals surface area contributed by atoms with Crippen molar-refractivity contribution in [3.8, 4) is 0 Å². The number of nitrogens with one attached hydrogen (secondary N) is 1. The molecule has 0 aliphatic heterocycles. The van der Waals surface area contributed by atoms with Crippen LogP contribution in [-0.4, -0.2) is 20.6 Å². The number of aromatic nitrogens is 3. The third-order valence-corrected chi connectivity index (χ3v) is 4.23. The first-order valence-corrected chi connectivity index (χ1v) is 7.96. The van der Waals surface area contributed by atoms with Gasteiger partial charge in [-0.1, -0.05) is 11.6 Å². The molecule has 2 aromatic heterocycles. The van der Waals surface area contributed by atoms with E-state index in [-0.39, 0.29) is 0 Å². The van der Waals surface area contributed by atoms with Crippen molar-refractivity contribution in [2.75, 3.05) is 5.32 Å². The minimum absolute atomic E-state index is 0.399. The van der Waals surface area contributed by atoms with Crippen molar-refractivity contribution in [2.45, 2.75) is 45.1 Å². The monoisotopic (exact) mass is 334 g/mol. The maximum atomic E-state index is 4.59. The minimum atomic E-state index is 0.399. The smallest absolute Gasteiger partial charge is 0.171 e. The van der Waals surface area contributed by atoms with Gasteiger partial charge in [-0.25, -0.2) is 9.50 Å². The van der Waals surface area contributed by atoms with Gasteiger partial charge in [-0.3, -0.25) is 0 Å². The molecule has 0 saturated carbocycles. The first-order valence-electron chi connectivity index (χ1n) is 7.17. The Labute approximate surface area is 127 Å². The molecule has 2 heterocycles. The van der Waals surface area contributed by atoms with Crippen LogP contribution < -0.4 is 5.32 Å². The number of allylic oxidation sites excluding steroid dienone is 1. The van der Waals surface area contributed by atoms with Crippen LogP contribution in [0.15, 0.2) is 34.6 Å². The standard InChI is InChI=1S/C15H19BrN4/c1-11(9-12-5-3-2-4-6-12)18-14-7-8-20-15(19-14)13(16)10-17-20/h5,7-8,10-11H,2-4,6,9H2,1H3,(H,18,19). The fraction of sp³-hybridized carbons (Fsp3) is 0.467. The summed E-state index contributed by atoms with van der Waals surface area (Å²) in [4.78, 5) is 4.59. The number of fused-ring (bicyclic) bond motifs is 1. The van der Waals surface area contributed by atoms with Crippen molar-refractivity contribution < 1.29 is 0 Å². The van der Waals surface area contributed by atoms with E-state index in [0.717, 1.165) is 22.4 Å². The first-order chi connectivity index (χ1) is 9.72. The van der Waals surface area contributed by atoms with Crippen LogP contribution in [-0.2, 0) is 0 Å². The predicted molar refractivity (Wildman–Crippen MR) is 84.9 cm³/mol. The predicted octanol–water partition coefficient (Wildman–Crippen LogP) is 4.18. The van der Waals surface area contributed by atoms with E-state index >= 15 is 0 Å². The number of hydrogen-bond acceptors (Lipinski definition) is 3. The summed E-state index contributed by atoms with van der Waals surface area (Å²) < 4.78 is 2.69. The molecule has 1 aliphatic carbocycles. The van der Waals surface area contributed by atoms with Gasteiger partial charge in [0.25, 0.3) is 0 Å². The molecule has 1 N–H and O–H groups in total. The maximum absolute atomic E-state index is 4.59. The highest BCUT2D eigenvalue weighted by Gasteiger charge is 2.10. The normalized spacial score (nSPS) is 17.0. The Morgan fingerprint density at radius 2 is 2.35 bits per heavy atom. The van der Waals surface area contributed by atoms with E-state index in [1.165, 1.54) is 25.7 Å². The summed E-state index contributed by atoms with van der Waals surface area (Å²) in [6.07, 6.45) is 12.4. The molecule has 1 atom stereocenters. The zero-order valence-corrected chi connectivity index (χ0v) is 13.2.